The zero-order chi connectivity index (χ0) is 18.7. The monoisotopic (exact) mass is 360 g/mol. The zero-order valence-corrected chi connectivity index (χ0v) is 14.2. The van der Waals surface area contributed by atoms with Crippen LogP contribution in [0, 0.1) is 11.6 Å². The summed E-state index contributed by atoms with van der Waals surface area (Å²) in [5.41, 5.74) is 0.167. The third-order valence-electron chi connectivity index (χ3n) is 4.24. The van der Waals surface area contributed by atoms with E-state index in [2.05, 4.69) is 10.3 Å². The summed E-state index contributed by atoms with van der Waals surface area (Å²) in [5, 5.41) is 2.39. The van der Waals surface area contributed by atoms with Crippen molar-refractivity contribution in [1.29, 1.82) is 0 Å². The molecule has 0 spiro atoms. The number of aromatic nitrogens is 1. The molecule has 2 aromatic rings. The Bertz CT molecular complexity index is 818. The Hall–Kier alpha value is -3.03. The average Bonchev–Trinajstić information content (AvgIpc) is 2.64. The fourth-order valence-corrected chi connectivity index (χ4v) is 2.74. The average molecular weight is 360 g/mol. The van der Waals surface area contributed by atoms with E-state index in [0.29, 0.717) is 38.1 Å². The molecular weight excluding hydrogens is 342 g/mol. The van der Waals surface area contributed by atoms with Gasteiger partial charge < -0.3 is 15.1 Å². The number of halogens is 2. The Balaban J connectivity index is 1.64. The van der Waals surface area contributed by atoms with Crippen molar-refractivity contribution in [3.63, 3.8) is 0 Å². The van der Waals surface area contributed by atoms with Gasteiger partial charge in [-0.3, -0.25) is 9.59 Å². The highest BCUT2D eigenvalue weighted by Gasteiger charge is 2.20. The summed E-state index contributed by atoms with van der Waals surface area (Å²) in [5.74, 6) is -1.33. The van der Waals surface area contributed by atoms with Crippen molar-refractivity contribution in [2.24, 2.45) is 0 Å². The van der Waals surface area contributed by atoms with E-state index in [1.165, 1.54) is 12.3 Å². The normalized spacial score (nSPS) is 14.3. The molecule has 1 aliphatic rings. The minimum absolute atomic E-state index is 0.0534. The summed E-state index contributed by atoms with van der Waals surface area (Å²) in [7, 11) is 0. The van der Waals surface area contributed by atoms with E-state index in [4.69, 9.17) is 0 Å². The van der Waals surface area contributed by atoms with E-state index < -0.39 is 17.5 Å². The Morgan fingerprint density at radius 1 is 1.08 bits per heavy atom. The standard InChI is InChI=1S/C18H18F2N4O2/c1-12(25)23-6-8-24(9-7-23)17-5-2-13(11-21-17)18(26)22-16-4-3-14(19)10-15(16)20/h2-5,10-11H,6-9H2,1H3,(H,22,26). The lowest BCUT2D eigenvalue weighted by atomic mass is 10.2. The highest BCUT2D eigenvalue weighted by Crippen LogP contribution is 2.18. The highest BCUT2D eigenvalue weighted by atomic mass is 19.1. The Morgan fingerprint density at radius 3 is 2.38 bits per heavy atom. The van der Waals surface area contributed by atoms with Crippen LogP contribution in [0.4, 0.5) is 20.3 Å². The molecule has 2 heterocycles. The van der Waals surface area contributed by atoms with Gasteiger partial charge in [0.25, 0.3) is 5.91 Å². The van der Waals surface area contributed by atoms with Gasteiger partial charge in [-0.1, -0.05) is 0 Å². The molecule has 1 aliphatic heterocycles. The number of carbonyl (C=O) groups is 2. The smallest absolute Gasteiger partial charge is 0.257 e. The highest BCUT2D eigenvalue weighted by molar-refractivity contribution is 6.04. The van der Waals surface area contributed by atoms with Crippen LogP contribution in [0.5, 0.6) is 0 Å². The summed E-state index contributed by atoms with van der Waals surface area (Å²) in [4.78, 5) is 31.6. The van der Waals surface area contributed by atoms with Crippen LogP contribution in [-0.4, -0.2) is 47.9 Å². The molecule has 8 heteroatoms. The topological polar surface area (TPSA) is 65.5 Å². The van der Waals surface area contributed by atoms with Gasteiger partial charge in [0, 0.05) is 45.4 Å². The van der Waals surface area contributed by atoms with Crippen LogP contribution in [-0.2, 0) is 4.79 Å². The van der Waals surface area contributed by atoms with E-state index >= 15 is 0 Å². The number of piperazine rings is 1. The van der Waals surface area contributed by atoms with E-state index in [1.54, 1.807) is 24.0 Å². The van der Waals surface area contributed by atoms with Gasteiger partial charge in [0.05, 0.1) is 11.3 Å². The lowest BCUT2D eigenvalue weighted by molar-refractivity contribution is -0.129. The van der Waals surface area contributed by atoms with Gasteiger partial charge in [0.1, 0.15) is 17.5 Å². The van der Waals surface area contributed by atoms with E-state index in [-0.39, 0.29) is 17.2 Å². The van der Waals surface area contributed by atoms with E-state index in [0.717, 1.165) is 6.07 Å². The summed E-state index contributed by atoms with van der Waals surface area (Å²) < 4.78 is 26.5. The van der Waals surface area contributed by atoms with Gasteiger partial charge in [-0.25, -0.2) is 13.8 Å². The van der Waals surface area contributed by atoms with Crippen LogP contribution in [0.2, 0.25) is 0 Å². The Labute approximate surface area is 149 Å². The fraction of sp³-hybridized carbons (Fsp3) is 0.278. The number of anilines is 2. The van der Waals surface area contributed by atoms with Crippen LogP contribution < -0.4 is 10.2 Å². The molecule has 0 bridgehead atoms. The van der Waals surface area contributed by atoms with Crippen molar-refractivity contribution in [3.8, 4) is 0 Å². The quantitative estimate of drug-likeness (QED) is 0.912. The second kappa shape index (κ2) is 7.47. The van der Waals surface area contributed by atoms with Crippen LogP contribution in [0.1, 0.15) is 17.3 Å². The maximum atomic E-state index is 13.6. The first kappa shape index (κ1) is 17.8. The summed E-state index contributed by atoms with van der Waals surface area (Å²) >= 11 is 0. The van der Waals surface area contributed by atoms with Crippen molar-refractivity contribution < 1.29 is 18.4 Å². The van der Waals surface area contributed by atoms with Crippen LogP contribution in [0.3, 0.4) is 0 Å². The van der Waals surface area contributed by atoms with Crippen molar-refractivity contribution in [1.82, 2.24) is 9.88 Å². The number of carbonyl (C=O) groups excluding carboxylic acids is 2. The molecule has 0 atom stereocenters. The van der Waals surface area contributed by atoms with Gasteiger partial charge in [-0.15, -0.1) is 0 Å². The molecule has 1 aromatic heterocycles. The molecule has 0 saturated carbocycles. The largest absolute Gasteiger partial charge is 0.353 e. The molecule has 1 N–H and O–H groups in total. The van der Waals surface area contributed by atoms with E-state index in [1.807, 2.05) is 4.90 Å². The van der Waals surface area contributed by atoms with Gasteiger partial charge in [0.15, 0.2) is 0 Å². The Kier molecular flexibility index (Phi) is 5.11. The predicted octanol–water partition coefficient (Wildman–Crippen LogP) is 2.28. The van der Waals surface area contributed by atoms with Gasteiger partial charge in [-0.05, 0) is 24.3 Å². The first-order valence-corrected chi connectivity index (χ1v) is 8.17. The molecular formula is C18H18F2N4O2. The predicted molar refractivity (Wildman–Crippen MR) is 93.0 cm³/mol. The minimum Gasteiger partial charge on any atom is -0.353 e. The third kappa shape index (κ3) is 3.96. The molecule has 0 aliphatic carbocycles. The number of nitrogens with zero attached hydrogens (tertiary/aromatic N) is 3. The number of hydrogen-bond acceptors (Lipinski definition) is 4. The first-order chi connectivity index (χ1) is 12.4. The van der Waals surface area contributed by atoms with Crippen molar-refractivity contribution in [2.45, 2.75) is 6.92 Å². The number of rotatable bonds is 3. The summed E-state index contributed by atoms with van der Waals surface area (Å²) in [6, 6.07) is 6.24. The van der Waals surface area contributed by atoms with Gasteiger partial charge in [0.2, 0.25) is 5.91 Å². The number of hydrogen-bond donors (Lipinski definition) is 1. The van der Waals surface area contributed by atoms with Crippen LogP contribution >= 0.6 is 0 Å². The molecule has 2 amide bonds. The minimum atomic E-state index is -0.841. The second-order valence-corrected chi connectivity index (χ2v) is 5.98. The molecule has 0 radical (unpaired) electrons. The molecule has 1 saturated heterocycles. The number of nitrogens with one attached hydrogen (secondary N) is 1. The molecule has 136 valence electrons. The van der Waals surface area contributed by atoms with Crippen molar-refractivity contribution >= 4 is 23.3 Å². The third-order valence-corrected chi connectivity index (χ3v) is 4.24. The lowest BCUT2D eigenvalue weighted by Crippen LogP contribution is -2.48. The molecule has 6 nitrogen and oxygen atoms in total. The zero-order valence-electron chi connectivity index (χ0n) is 14.2. The molecule has 0 unspecified atom stereocenters. The molecule has 1 aromatic carbocycles. The summed E-state index contributed by atoms with van der Waals surface area (Å²) in [6.45, 7) is 4.13. The van der Waals surface area contributed by atoms with Crippen LogP contribution in [0.15, 0.2) is 36.5 Å². The maximum Gasteiger partial charge on any atom is 0.257 e. The molecule has 26 heavy (non-hydrogen) atoms. The Morgan fingerprint density at radius 2 is 1.81 bits per heavy atom. The van der Waals surface area contributed by atoms with Gasteiger partial charge >= 0.3 is 0 Å². The fourth-order valence-electron chi connectivity index (χ4n) is 2.74. The number of amides is 2. The first-order valence-electron chi connectivity index (χ1n) is 8.17. The lowest BCUT2D eigenvalue weighted by Gasteiger charge is -2.34. The second-order valence-electron chi connectivity index (χ2n) is 5.98. The van der Waals surface area contributed by atoms with Crippen LogP contribution in [0.25, 0.3) is 0 Å². The van der Waals surface area contributed by atoms with Gasteiger partial charge in [-0.2, -0.15) is 0 Å². The SMILES string of the molecule is CC(=O)N1CCN(c2ccc(C(=O)Nc3ccc(F)cc3F)cn2)CC1. The summed E-state index contributed by atoms with van der Waals surface area (Å²) in [6.07, 6.45) is 1.41. The number of pyridine rings is 1. The number of benzene rings is 1. The molecule has 3 rings (SSSR count). The maximum absolute atomic E-state index is 13.6. The van der Waals surface area contributed by atoms with Crippen molar-refractivity contribution in [2.75, 3.05) is 36.4 Å². The van der Waals surface area contributed by atoms with E-state index in [9.17, 15) is 18.4 Å². The van der Waals surface area contributed by atoms with Crippen molar-refractivity contribution in [3.05, 3.63) is 53.7 Å². The molecule has 1 fully saturated rings.